The second-order valence-corrected chi connectivity index (χ2v) is 6.01. The maximum absolute atomic E-state index is 11.5. The Hall–Kier alpha value is -2.13. The Kier molecular flexibility index (Phi) is 4.02. The first kappa shape index (κ1) is 13.8. The summed E-state index contributed by atoms with van der Waals surface area (Å²) in [5.74, 6) is -1.19. The van der Waals surface area contributed by atoms with Crippen molar-refractivity contribution in [2.45, 2.75) is 18.8 Å². The van der Waals surface area contributed by atoms with E-state index < -0.39 is 11.9 Å². The van der Waals surface area contributed by atoms with Gasteiger partial charge < -0.3 is 5.11 Å². The summed E-state index contributed by atoms with van der Waals surface area (Å²) in [6.45, 7) is 0. The molecule has 1 N–H and O–H groups in total. The summed E-state index contributed by atoms with van der Waals surface area (Å²) in [4.78, 5) is 11.5. The predicted octanol–water partition coefficient (Wildman–Crippen LogP) is 4.70. The minimum atomic E-state index is -0.749. The monoisotopic (exact) mass is 296 g/mol. The van der Waals surface area contributed by atoms with E-state index in [4.69, 9.17) is 0 Å². The van der Waals surface area contributed by atoms with Crippen molar-refractivity contribution in [3.05, 3.63) is 71.1 Å². The van der Waals surface area contributed by atoms with Crippen molar-refractivity contribution < 1.29 is 9.90 Å². The zero-order valence-electron chi connectivity index (χ0n) is 11.5. The lowest BCUT2D eigenvalue weighted by Crippen LogP contribution is -2.12. The molecule has 1 heterocycles. The molecule has 0 amide bonds. The number of hydrogen-bond donors (Lipinski definition) is 1. The van der Waals surface area contributed by atoms with Crippen LogP contribution in [0.15, 0.2) is 60.0 Å². The third-order valence-electron chi connectivity index (χ3n) is 3.76. The standard InChI is InChI=1S/C18H16O2S/c19-18(20)16(13-6-2-1-3-7-13)11-10-14-12-21-17-9-5-4-8-15(14)17/h1-9,12,16H,10-11H2,(H,19,20). The van der Waals surface area contributed by atoms with Crippen molar-refractivity contribution in [2.75, 3.05) is 0 Å². The lowest BCUT2D eigenvalue weighted by molar-refractivity contribution is -0.138. The first-order valence-corrected chi connectivity index (χ1v) is 7.86. The van der Waals surface area contributed by atoms with Crippen LogP contribution in [0.5, 0.6) is 0 Å². The summed E-state index contributed by atoms with van der Waals surface area (Å²) >= 11 is 1.72. The summed E-state index contributed by atoms with van der Waals surface area (Å²) < 4.78 is 1.26. The number of carbonyl (C=O) groups is 1. The van der Waals surface area contributed by atoms with E-state index >= 15 is 0 Å². The number of carboxylic acid groups (broad SMARTS) is 1. The molecule has 3 heteroatoms. The predicted molar refractivity (Wildman–Crippen MR) is 87.0 cm³/mol. The summed E-state index contributed by atoms with van der Waals surface area (Å²) in [5.41, 5.74) is 2.13. The average Bonchev–Trinajstić information content (AvgIpc) is 2.92. The first-order valence-electron chi connectivity index (χ1n) is 6.98. The van der Waals surface area contributed by atoms with E-state index in [9.17, 15) is 9.90 Å². The van der Waals surface area contributed by atoms with Crippen LogP contribution in [0.1, 0.15) is 23.5 Å². The lowest BCUT2D eigenvalue weighted by atomic mass is 9.92. The summed E-state index contributed by atoms with van der Waals surface area (Å²) in [7, 11) is 0. The molecular formula is C18H16O2S. The summed E-state index contributed by atoms with van der Waals surface area (Å²) in [5, 5.41) is 12.9. The van der Waals surface area contributed by atoms with Gasteiger partial charge in [-0.15, -0.1) is 11.3 Å². The van der Waals surface area contributed by atoms with Gasteiger partial charge in [-0.1, -0.05) is 48.5 Å². The van der Waals surface area contributed by atoms with Crippen molar-refractivity contribution in [1.29, 1.82) is 0 Å². The van der Waals surface area contributed by atoms with E-state index in [1.807, 2.05) is 42.5 Å². The Morgan fingerprint density at radius 3 is 2.52 bits per heavy atom. The summed E-state index contributed by atoms with van der Waals surface area (Å²) in [6.07, 6.45) is 1.41. The molecule has 3 aromatic rings. The molecule has 0 aliphatic carbocycles. The summed E-state index contributed by atoms with van der Waals surface area (Å²) in [6, 6.07) is 17.8. The van der Waals surface area contributed by atoms with Crippen LogP contribution in [0.25, 0.3) is 10.1 Å². The molecule has 0 fully saturated rings. The van der Waals surface area contributed by atoms with Crippen LogP contribution >= 0.6 is 11.3 Å². The maximum Gasteiger partial charge on any atom is 0.310 e. The van der Waals surface area contributed by atoms with Gasteiger partial charge in [0, 0.05) is 4.70 Å². The number of rotatable bonds is 5. The molecule has 0 radical (unpaired) electrons. The molecule has 21 heavy (non-hydrogen) atoms. The van der Waals surface area contributed by atoms with Crippen molar-refractivity contribution in [3.8, 4) is 0 Å². The fourth-order valence-electron chi connectivity index (χ4n) is 2.64. The van der Waals surface area contributed by atoms with Gasteiger partial charge in [0.2, 0.25) is 0 Å². The van der Waals surface area contributed by atoms with Crippen molar-refractivity contribution >= 4 is 27.4 Å². The highest BCUT2D eigenvalue weighted by molar-refractivity contribution is 7.17. The van der Waals surface area contributed by atoms with Crippen LogP contribution in [-0.2, 0) is 11.2 Å². The number of aryl methyl sites for hydroxylation is 1. The second-order valence-electron chi connectivity index (χ2n) is 5.10. The molecule has 0 aliphatic heterocycles. The number of thiophene rings is 1. The minimum Gasteiger partial charge on any atom is -0.481 e. The van der Waals surface area contributed by atoms with Crippen LogP contribution in [-0.4, -0.2) is 11.1 Å². The minimum absolute atomic E-state index is 0.440. The quantitative estimate of drug-likeness (QED) is 0.741. The molecule has 1 unspecified atom stereocenters. The highest BCUT2D eigenvalue weighted by atomic mass is 32.1. The van der Waals surface area contributed by atoms with Gasteiger partial charge in [-0.3, -0.25) is 4.79 Å². The van der Waals surface area contributed by atoms with E-state index in [0.29, 0.717) is 6.42 Å². The number of aliphatic carboxylic acids is 1. The Balaban J connectivity index is 1.80. The molecule has 2 nitrogen and oxygen atoms in total. The molecule has 3 rings (SSSR count). The van der Waals surface area contributed by atoms with Crippen molar-refractivity contribution in [2.24, 2.45) is 0 Å². The van der Waals surface area contributed by atoms with Gasteiger partial charge in [0.1, 0.15) is 0 Å². The highest BCUT2D eigenvalue weighted by Crippen LogP contribution is 2.29. The molecular weight excluding hydrogens is 280 g/mol. The van der Waals surface area contributed by atoms with Gasteiger partial charge in [-0.05, 0) is 40.8 Å². The Morgan fingerprint density at radius 1 is 1.05 bits per heavy atom. The molecule has 106 valence electrons. The van der Waals surface area contributed by atoms with E-state index in [-0.39, 0.29) is 0 Å². The SMILES string of the molecule is O=C(O)C(CCc1csc2ccccc12)c1ccccc1. The zero-order chi connectivity index (χ0) is 14.7. The van der Waals surface area contributed by atoms with Gasteiger partial charge in [0.05, 0.1) is 5.92 Å². The van der Waals surface area contributed by atoms with Crippen molar-refractivity contribution in [3.63, 3.8) is 0 Å². The van der Waals surface area contributed by atoms with Crippen LogP contribution < -0.4 is 0 Å². The molecule has 1 atom stereocenters. The lowest BCUT2D eigenvalue weighted by Gasteiger charge is -2.12. The van der Waals surface area contributed by atoms with Gasteiger partial charge in [0.25, 0.3) is 0 Å². The Labute approximate surface area is 127 Å². The topological polar surface area (TPSA) is 37.3 Å². The van der Waals surface area contributed by atoms with Gasteiger partial charge in [-0.25, -0.2) is 0 Å². The molecule has 0 saturated heterocycles. The largest absolute Gasteiger partial charge is 0.481 e. The van der Waals surface area contributed by atoms with Crippen LogP contribution in [0.2, 0.25) is 0 Å². The fraction of sp³-hybridized carbons (Fsp3) is 0.167. The Morgan fingerprint density at radius 2 is 1.76 bits per heavy atom. The number of carboxylic acids is 1. The normalized spacial score (nSPS) is 12.4. The molecule has 0 saturated carbocycles. The molecule has 1 aromatic heterocycles. The van der Waals surface area contributed by atoms with Crippen LogP contribution in [0, 0.1) is 0 Å². The number of benzene rings is 2. The number of fused-ring (bicyclic) bond motifs is 1. The second kappa shape index (κ2) is 6.10. The smallest absolute Gasteiger partial charge is 0.310 e. The number of hydrogen-bond acceptors (Lipinski definition) is 2. The average molecular weight is 296 g/mol. The van der Waals surface area contributed by atoms with Gasteiger partial charge in [0.15, 0.2) is 0 Å². The molecule has 2 aromatic carbocycles. The molecule has 0 aliphatic rings. The van der Waals surface area contributed by atoms with Crippen LogP contribution in [0.4, 0.5) is 0 Å². The van der Waals surface area contributed by atoms with E-state index in [1.54, 1.807) is 11.3 Å². The third-order valence-corrected chi connectivity index (χ3v) is 4.78. The Bertz CT molecular complexity index is 746. The highest BCUT2D eigenvalue weighted by Gasteiger charge is 2.19. The third kappa shape index (κ3) is 2.98. The van der Waals surface area contributed by atoms with E-state index in [0.717, 1.165) is 12.0 Å². The zero-order valence-corrected chi connectivity index (χ0v) is 12.3. The first-order chi connectivity index (χ1) is 10.3. The van der Waals surface area contributed by atoms with Gasteiger partial charge >= 0.3 is 5.97 Å². The van der Waals surface area contributed by atoms with E-state index in [2.05, 4.69) is 17.5 Å². The molecule has 0 bridgehead atoms. The van der Waals surface area contributed by atoms with Gasteiger partial charge in [-0.2, -0.15) is 0 Å². The maximum atomic E-state index is 11.5. The van der Waals surface area contributed by atoms with E-state index in [1.165, 1.54) is 15.6 Å². The van der Waals surface area contributed by atoms with Crippen molar-refractivity contribution in [1.82, 2.24) is 0 Å². The molecule has 0 spiro atoms. The fourth-order valence-corrected chi connectivity index (χ4v) is 3.64. The van der Waals surface area contributed by atoms with Crippen LogP contribution in [0.3, 0.4) is 0 Å².